The Labute approximate surface area is 158 Å². The van der Waals surface area contributed by atoms with Gasteiger partial charge in [-0.15, -0.1) is 0 Å². The Bertz CT molecular complexity index is 816. The van der Waals surface area contributed by atoms with Gasteiger partial charge in [0.15, 0.2) is 0 Å². The third-order valence-electron chi connectivity index (χ3n) is 5.38. The van der Waals surface area contributed by atoms with Crippen molar-refractivity contribution < 1.29 is 0 Å². The average molecular weight is 392 g/mol. The van der Waals surface area contributed by atoms with Gasteiger partial charge in [-0.25, -0.2) is 0 Å². The standard InChI is InChI=1S/C23H22BrN/c24-20-13-7-12-19-22(20)21(25)16-23(19,14-17-8-3-1-4-9-17)15-18-10-5-2-6-11-18/h1-13,21H,14-16,25H2. The first-order valence-corrected chi connectivity index (χ1v) is 9.60. The van der Waals surface area contributed by atoms with Crippen molar-refractivity contribution in [2.45, 2.75) is 30.7 Å². The molecule has 2 N–H and O–H groups in total. The number of halogens is 1. The molecule has 126 valence electrons. The molecule has 0 amide bonds. The highest BCUT2D eigenvalue weighted by atomic mass is 79.9. The molecule has 0 radical (unpaired) electrons. The summed E-state index contributed by atoms with van der Waals surface area (Å²) in [5, 5.41) is 0. The molecule has 0 heterocycles. The van der Waals surface area contributed by atoms with E-state index in [-0.39, 0.29) is 11.5 Å². The summed E-state index contributed by atoms with van der Waals surface area (Å²) in [5.41, 5.74) is 12.1. The summed E-state index contributed by atoms with van der Waals surface area (Å²) in [6, 6.07) is 28.2. The summed E-state index contributed by atoms with van der Waals surface area (Å²) in [6.45, 7) is 0. The predicted octanol–water partition coefficient (Wildman–Crippen LogP) is 5.58. The van der Waals surface area contributed by atoms with Gasteiger partial charge in [-0.1, -0.05) is 88.7 Å². The molecule has 1 aliphatic rings. The third-order valence-corrected chi connectivity index (χ3v) is 6.07. The second kappa shape index (κ2) is 6.78. The molecule has 0 aliphatic heterocycles. The van der Waals surface area contributed by atoms with Crippen molar-refractivity contribution in [3.63, 3.8) is 0 Å². The molecule has 2 heteroatoms. The first kappa shape index (κ1) is 16.6. The second-order valence-corrected chi connectivity index (χ2v) is 7.97. The lowest BCUT2D eigenvalue weighted by Gasteiger charge is -2.31. The molecule has 3 aromatic rings. The molecule has 1 atom stereocenters. The van der Waals surface area contributed by atoms with Gasteiger partial charge in [0.2, 0.25) is 0 Å². The number of benzene rings is 3. The number of hydrogen-bond donors (Lipinski definition) is 1. The van der Waals surface area contributed by atoms with Crippen molar-refractivity contribution in [1.29, 1.82) is 0 Å². The zero-order valence-electron chi connectivity index (χ0n) is 14.2. The summed E-state index contributed by atoms with van der Waals surface area (Å²) in [5.74, 6) is 0. The summed E-state index contributed by atoms with van der Waals surface area (Å²) in [7, 11) is 0. The molecular weight excluding hydrogens is 370 g/mol. The summed E-state index contributed by atoms with van der Waals surface area (Å²) >= 11 is 3.73. The lowest BCUT2D eigenvalue weighted by atomic mass is 9.72. The van der Waals surface area contributed by atoms with Gasteiger partial charge < -0.3 is 5.73 Å². The van der Waals surface area contributed by atoms with Crippen LogP contribution in [-0.4, -0.2) is 0 Å². The Kier molecular flexibility index (Phi) is 4.49. The van der Waals surface area contributed by atoms with Gasteiger partial charge in [0.1, 0.15) is 0 Å². The van der Waals surface area contributed by atoms with Crippen LogP contribution in [0.25, 0.3) is 0 Å². The highest BCUT2D eigenvalue weighted by Crippen LogP contribution is 2.50. The fraction of sp³-hybridized carbons (Fsp3) is 0.217. The van der Waals surface area contributed by atoms with Crippen LogP contribution in [0.15, 0.2) is 83.3 Å². The Morgan fingerprint density at radius 2 is 1.36 bits per heavy atom. The van der Waals surface area contributed by atoms with E-state index in [0.717, 1.165) is 23.7 Å². The minimum Gasteiger partial charge on any atom is -0.324 e. The van der Waals surface area contributed by atoms with E-state index in [2.05, 4.69) is 94.8 Å². The summed E-state index contributed by atoms with van der Waals surface area (Å²) < 4.78 is 1.14. The van der Waals surface area contributed by atoms with E-state index in [1.54, 1.807) is 0 Å². The van der Waals surface area contributed by atoms with Crippen LogP contribution in [0.2, 0.25) is 0 Å². The van der Waals surface area contributed by atoms with Crippen molar-refractivity contribution >= 4 is 15.9 Å². The first-order valence-electron chi connectivity index (χ1n) is 8.80. The van der Waals surface area contributed by atoms with E-state index in [9.17, 15) is 0 Å². The van der Waals surface area contributed by atoms with Crippen molar-refractivity contribution in [2.24, 2.45) is 5.73 Å². The van der Waals surface area contributed by atoms with Gasteiger partial charge >= 0.3 is 0 Å². The number of fused-ring (bicyclic) bond motifs is 1. The SMILES string of the molecule is NC1CC(Cc2ccccc2)(Cc2ccccc2)c2cccc(Br)c21. The van der Waals surface area contributed by atoms with E-state index in [4.69, 9.17) is 5.73 Å². The third kappa shape index (κ3) is 3.17. The smallest absolute Gasteiger partial charge is 0.0317 e. The number of nitrogens with two attached hydrogens (primary N) is 1. The van der Waals surface area contributed by atoms with Crippen LogP contribution in [0.3, 0.4) is 0 Å². The Morgan fingerprint density at radius 3 is 1.92 bits per heavy atom. The predicted molar refractivity (Wildman–Crippen MR) is 108 cm³/mol. The summed E-state index contributed by atoms with van der Waals surface area (Å²) in [4.78, 5) is 0. The molecule has 4 rings (SSSR count). The van der Waals surface area contributed by atoms with E-state index in [1.807, 2.05) is 0 Å². The number of rotatable bonds is 4. The minimum absolute atomic E-state index is 0.0429. The maximum absolute atomic E-state index is 6.60. The molecule has 0 bridgehead atoms. The molecule has 1 aliphatic carbocycles. The van der Waals surface area contributed by atoms with Crippen LogP contribution in [0.1, 0.15) is 34.7 Å². The van der Waals surface area contributed by atoms with Crippen molar-refractivity contribution in [1.82, 2.24) is 0 Å². The minimum atomic E-state index is 0.0429. The van der Waals surface area contributed by atoms with Gasteiger partial charge in [0.05, 0.1) is 0 Å². The Hall–Kier alpha value is -1.90. The van der Waals surface area contributed by atoms with Crippen LogP contribution >= 0.6 is 15.9 Å². The number of hydrogen-bond acceptors (Lipinski definition) is 1. The van der Waals surface area contributed by atoms with Crippen LogP contribution < -0.4 is 5.73 Å². The highest BCUT2D eigenvalue weighted by Gasteiger charge is 2.43. The average Bonchev–Trinajstić information content (AvgIpc) is 2.89. The fourth-order valence-corrected chi connectivity index (χ4v) is 5.04. The zero-order valence-corrected chi connectivity index (χ0v) is 15.7. The van der Waals surface area contributed by atoms with Crippen LogP contribution in [0.5, 0.6) is 0 Å². The second-order valence-electron chi connectivity index (χ2n) is 7.12. The molecule has 0 fully saturated rings. The molecule has 0 saturated carbocycles. The maximum atomic E-state index is 6.60. The molecule has 3 aromatic carbocycles. The van der Waals surface area contributed by atoms with Gasteiger partial charge in [0.25, 0.3) is 0 Å². The molecule has 0 saturated heterocycles. The largest absolute Gasteiger partial charge is 0.324 e. The topological polar surface area (TPSA) is 26.0 Å². The zero-order chi connectivity index (χ0) is 17.3. The van der Waals surface area contributed by atoms with Crippen molar-refractivity contribution in [3.05, 3.63) is 106 Å². The molecule has 1 nitrogen and oxygen atoms in total. The molecule has 0 aromatic heterocycles. The fourth-order valence-electron chi connectivity index (χ4n) is 4.38. The lowest BCUT2D eigenvalue weighted by molar-refractivity contribution is 0.393. The Balaban J connectivity index is 1.82. The molecule has 1 unspecified atom stereocenters. The van der Waals surface area contributed by atoms with E-state index in [1.165, 1.54) is 22.3 Å². The highest BCUT2D eigenvalue weighted by molar-refractivity contribution is 9.10. The normalized spacial score (nSPS) is 18.1. The van der Waals surface area contributed by atoms with Gasteiger partial charge in [-0.2, -0.15) is 0 Å². The molecule has 0 spiro atoms. The van der Waals surface area contributed by atoms with E-state index >= 15 is 0 Å². The monoisotopic (exact) mass is 391 g/mol. The van der Waals surface area contributed by atoms with Crippen LogP contribution in [0.4, 0.5) is 0 Å². The van der Waals surface area contributed by atoms with Gasteiger partial charge in [-0.3, -0.25) is 0 Å². The molecular formula is C23H22BrN. The van der Waals surface area contributed by atoms with Crippen molar-refractivity contribution in [2.75, 3.05) is 0 Å². The lowest BCUT2D eigenvalue weighted by Crippen LogP contribution is -2.30. The summed E-state index contributed by atoms with van der Waals surface area (Å²) in [6.07, 6.45) is 3.01. The maximum Gasteiger partial charge on any atom is 0.0317 e. The van der Waals surface area contributed by atoms with Crippen LogP contribution in [-0.2, 0) is 18.3 Å². The van der Waals surface area contributed by atoms with E-state index < -0.39 is 0 Å². The first-order chi connectivity index (χ1) is 12.2. The van der Waals surface area contributed by atoms with Crippen molar-refractivity contribution in [3.8, 4) is 0 Å². The Morgan fingerprint density at radius 1 is 0.800 bits per heavy atom. The van der Waals surface area contributed by atoms with Gasteiger partial charge in [-0.05, 0) is 47.6 Å². The van der Waals surface area contributed by atoms with E-state index in [0.29, 0.717) is 0 Å². The van der Waals surface area contributed by atoms with Gasteiger partial charge in [0, 0.05) is 15.9 Å². The van der Waals surface area contributed by atoms with Crippen LogP contribution in [0, 0.1) is 0 Å². The molecule has 25 heavy (non-hydrogen) atoms. The quantitative estimate of drug-likeness (QED) is 0.617.